The summed E-state index contributed by atoms with van der Waals surface area (Å²) in [5.74, 6) is -0.529. The largest absolute Gasteiger partial charge is 0.382 e. The first-order chi connectivity index (χ1) is 7.68. The molecule has 4 heteroatoms. The van der Waals surface area contributed by atoms with E-state index in [4.69, 9.17) is 0 Å². The molecule has 3 nitrogen and oxygen atoms in total. The summed E-state index contributed by atoms with van der Waals surface area (Å²) in [6, 6.07) is 6.71. The molecule has 0 amide bonds. The van der Waals surface area contributed by atoms with Crippen LogP contribution in [0.2, 0.25) is 0 Å². The van der Waals surface area contributed by atoms with E-state index in [1.54, 1.807) is 12.1 Å². The molecule has 0 aromatic carbocycles. The van der Waals surface area contributed by atoms with E-state index in [-0.39, 0.29) is 5.56 Å². The predicted octanol–water partition coefficient (Wildman–Crippen LogP) is 2.01. The summed E-state index contributed by atoms with van der Waals surface area (Å²) in [6.07, 6.45) is 1.47. The maximum atomic E-state index is 13.4. The molecule has 0 fully saturated rings. The molecule has 0 radical (unpaired) electrons. The van der Waals surface area contributed by atoms with E-state index in [0.717, 1.165) is 11.9 Å². The molecule has 2 rings (SSSR count). The first kappa shape index (κ1) is 10.7. The Bertz CT molecular complexity index is 502. The highest BCUT2D eigenvalue weighted by molar-refractivity contribution is 5.25. The fraction of sp³-hybridized carbons (Fsp3) is 0.167. The highest BCUT2D eigenvalue weighted by atomic mass is 19.1. The number of hydrogen-bond donors (Lipinski definition) is 1. The van der Waals surface area contributed by atoms with E-state index in [0.29, 0.717) is 5.69 Å². The molecule has 2 heterocycles. The maximum Gasteiger partial charge on any atom is 0.147 e. The summed E-state index contributed by atoms with van der Waals surface area (Å²) in [5, 5.41) is 9.97. The molecule has 0 saturated heterocycles. The fourth-order valence-corrected chi connectivity index (χ4v) is 1.48. The molecule has 0 bridgehead atoms. The Balaban J connectivity index is 2.39. The SMILES string of the molecule is Cc1cccc(C(O)c2ccncc2F)n1. The van der Waals surface area contributed by atoms with E-state index in [2.05, 4.69) is 9.97 Å². The zero-order valence-electron chi connectivity index (χ0n) is 8.76. The lowest BCUT2D eigenvalue weighted by atomic mass is 10.1. The zero-order valence-corrected chi connectivity index (χ0v) is 8.76. The minimum atomic E-state index is -1.05. The number of aryl methyl sites for hydroxylation is 1. The Morgan fingerprint density at radius 2 is 2.12 bits per heavy atom. The van der Waals surface area contributed by atoms with Gasteiger partial charge in [0.25, 0.3) is 0 Å². The predicted molar refractivity (Wildman–Crippen MR) is 57.2 cm³/mol. The lowest BCUT2D eigenvalue weighted by molar-refractivity contribution is 0.209. The minimum Gasteiger partial charge on any atom is -0.382 e. The van der Waals surface area contributed by atoms with Gasteiger partial charge in [0, 0.05) is 17.5 Å². The first-order valence-corrected chi connectivity index (χ1v) is 4.89. The van der Waals surface area contributed by atoms with Gasteiger partial charge < -0.3 is 5.11 Å². The lowest BCUT2D eigenvalue weighted by Crippen LogP contribution is -2.05. The molecule has 2 aromatic heterocycles. The summed E-state index contributed by atoms with van der Waals surface area (Å²) >= 11 is 0. The molecular weight excluding hydrogens is 207 g/mol. The molecule has 1 unspecified atom stereocenters. The highest BCUT2D eigenvalue weighted by Gasteiger charge is 2.15. The van der Waals surface area contributed by atoms with Crippen molar-refractivity contribution in [2.24, 2.45) is 0 Å². The Morgan fingerprint density at radius 1 is 1.31 bits per heavy atom. The topological polar surface area (TPSA) is 46.0 Å². The summed E-state index contributed by atoms with van der Waals surface area (Å²) in [5.41, 5.74) is 1.41. The van der Waals surface area contributed by atoms with Gasteiger partial charge in [0.2, 0.25) is 0 Å². The van der Waals surface area contributed by atoms with Crippen LogP contribution in [0.5, 0.6) is 0 Å². The van der Waals surface area contributed by atoms with Gasteiger partial charge in [0.15, 0.2) is 0 Å². The summed E-state index contributed by atoms with van der Waals surface area (Å²) in [7, 11) is 0. The van der Waals surface area contributed by atoms with Crippen LogP contribution in [-0.4, -0.2) is 15.1 Å². The van der Waals surface area contributed by atoms with Gasteiger partial charge in [-0.2, -0.15) is 0 Å². The van der Waals surface area contributed by atoms with Gasteiger partial charge in [-0.25, -0.2) is 4.39 Å². The Hall–Kier alpha value is -1.81. The average Bonchev–Trinajstić information content (AvgIpc) is 2.29. The van der Waals surface area contributed by atoms with E-state index >= 15 is 0 Å². The van der Waals surface area contributed by atoms with Crippen molar-refractivity contribution in [2.45, 2.75) is 13.0 Å². The van der Waals surface area contributed by atoms with E-state index in [9.17, 15) is 9.50 Å². The van der Waals surface area contributed by atoms with Crippen LogP contribution < -0.4 is 0 Å². The minimum absolute atomic E-state index is 0.188. The van der Waals surface area contributed by atoms with Gasteiger partial charge in [-0.05, 0) is 25.1 Å². The van der Waals surface area contributed by atoms with Gasteiger partial charge in [0.05, 0.1) is 11.9 Å². The van der Waals surface area contributed by atoms with Crippen molar-refractivity contribution in [2.75, 3.05) is 0 Å². The van der Waals surface area contributed by atoms with E-state index < -0.39 is 11.9 Å². The number of pyridine rings is 2. The Morgan fingerprint density at radius 3 is 2.81 bits per heavy atom. The molecule has 0 aliphatic carbocycles. The van der Waals surface area contributed by atoms with Crippen molar-refractivity contribution >= 4 is 0 Å². The molecular formula is C12H11FN2O. The van der Waals surface area contributed by atoms with Crippen LogP contribution in [0, 0.1) is 12.7 Å². The Labute approximate surface area is 92.6 Å². The number of rotatable bonds is 2. The van der Waals surface area contributed by atoms with Crippen LogP contribution in [0.4, 0.5) is 4.39 Å². The van der Waals surface area contributed by atoms with Crippen molar-refractivity contribution in [3.8, 4) is 0 Å². The number of aliphatic hydroxyl groups is 1. The molecule has 16 heavy (non-hydrogen) atoms. The second kappa shape index (κ2) is 4.37. The molecule has 82 valence electrons. The third-order valence-electron chi connectivity index (χ3n) is 2.29. The van der Waals surface area contributed by atoms with Gasteiger partial charge in [0.1, 0.15) is 11.9 Å². The summed E-state index contributed by atoms with van der Waals surface area (Å²) in [6.45, 7) is 1.82. The van der Waals surface area contributed by atoms with Gasteiger partial charge in [-0.3, -0.25) is 9.97 Å². The highest BCUT2D eigenvalue weighted by Crippen LogP contribution is 2.21. The van der Waals surface area contributed by atoms with Crippen LogP contribution in [0.15, 0.2) is 36.7 Å². The van der Waals surface area contributed by atoms with Gasteiger partial charge in [-0.1, -0.05) is 6.07 Å². The average molecular weight is 218 g/mol. The number of aromatic nitrogens is 2. The van der Waals surface area contributed by atoms with Crippen molar-refractivity contribution < 1.29 is 9.50 Å². The smallest absolute Gasteiger partial charge is 0.147 e. The Kier molecular flexibility index (Phi) is 2.92. The molecule has 0 spiro atoms. The standard InChI is InChI=1S/C12H11FN2O/c1-8-3-2-4-11(15-8)12(16)9-5-6-14-7-10(9)13/h2-7,12,16H,1H3. The van der Waals surface area contributed by atoms with Crippen LogP contribution in [0.3, 0.4) is 0 Å². The quantitative estimate of drug-likeness (QED) is 0.838. The van der Waals surface area contributed by atoms with Crippen LogP contribution in [-0.2, 0) is 0 Å². The fourth-order valence-electron chi connectivity index (χ4n) is 1.48. The number of halogens is 1. The number of aliphatic hydroxyl groups excluding tert-OH is 1. The number of nitrogens with zero attached hydrogens (tertiary/aromatic N) is 2. The van der Waals surface area contributed by atoms with Gasteiger partial charge >= 0.3 is 0 Å². The van der Waals surface area contributed by atoms with Crippen LogP contribution in [0.1, 0.15) is 23.1 Å². The third-order valence-corrected chi connectivity index (χ3v) is 2.29. The summed E-state index contributed by atoms with van der Waals surface area (Å²) < 4.78 is 13.4. The second-order valence-corrected chi connectivity index (χ2v) is 3.50. The zero-order chi connectivity index (χ0) is 11.5. The third kappa shape index (κ3) is 2.06. The monoisotopic (exact) mass is 218 g/mol. The van der Waals surface area contributed by atoms with Crippen LogP contribution >= 0.6 is 0 Å². The van der Waals surface area contributed by atoms with E-state index in [1.165, 1.54) is 12.3 Å². The number of hydrogen-bond acceptors (Lipinski definition) is 3. The van der Waals surface area contributed by atoms with Crippen molar-refractivity contribution in [3.05, 3.63) is 59.4 Å². The van der Waals surface area contributed by atoms with Crippen molar-refractivity contribution in [1.82, 2.24) is 9.97 Å². The van der Waals surface area contributed by atoms with Crippen LogP contribution in [0.25, 0.3) is 0 Å². The normalized spacial score (nSPS) is 12.4. The molecule has 0 aliphatic rings. The molecule has 1 N–H and O–H groups in total. The molecule has 2 aromatic rings. The molecule has 1 atom stereocenters. The molecule has 0 aliphatic heterocycles. The van der Waals surface area contributed by atoms with Gasteiger partial charge in [-0.15, -0.1) is 0 Å². The second-order valence-electron chi connectivity index (χ2n) is 3.50. The maximum absolute atomic E-state index is 13.4. The molecule has 0 saturated carbocycles. The summed E-state index contributed by atoms with van der Waals surface area (Å²) in [4.78, 5) is 7.79. The van der Waals surface area contributed by atoms with E-state index in [1.807, 2.05) is 13.0 Å². The lowest BCUT2D eigenvalue weighted by Gasteiger charge is -2.11. The first-order valence-electron chi connectivity index (χ1n) is 4.89. The van der Waals surface area contributed by atoms with Crippen molar-refractivity contribution in [3.63, 3.8) is 0 Å². The van der Waals surface area contributed by atoms with Crippen molar-refractivity contribution in [1.29, 1.82) is 0 Å².